The summed E-state index contributed by atoms with van der Waals surface area (Å²) >= 11 is 0. The van der Waals surface area contributed by atoms with E-state index in [1.165, 1.54) is 7.11 Å². The average Bonchev–Trinajstić information content (AvgIpc) is 3.20. The van der Waals surface area contributed by atoms with Crippen molar-refractivity contribution in [2.75, 3.05) is 43.6 Å². The van der Waals surface area contributed by atoms with E-state index in [9.17, 15) is 13.2 Å². The summed E-state index contributed by atoms with van der Waals surface area (Å²) in [4.78, 5) is 11.4. The van der Waals surface area contributed by atoms with E-state index in [0.29, 0.717) is 23.1 Å². The van der Waals surface area contributed by atoms with Gasteiger partial charge in [0.25, 0.3) is 0 Å². The molecule has 1 saturated heterocycles. The number of nitrogens with zero attached hydrogens (tertiary/aromatic N) is 3. The molecule has 1 aliphatic rings. The van der Waals surface area contributed by atoms with Crippen LogP contribution in [0, 0.1) is 0 Å². The molecule has 1 unspecified atom stereocenters. The van der Waals surface area contributed by atoms with E-state index < -0.39 is 11.7 Å². The van der Waals surface area contributed by atoms with Gasteiger partial charge in [-0.2, -0.15) is 13.2 Å². The van der Waals surface area contributed by atoms with Crippen molar-refractivity contribution in [2.24, 2.45) is 0 Å². The molecule has 2 heterocycles. The number of rotatable bonds is 4. The fourth-order valence-electron chi connectivity index (χ4n) is 3.92. The van der Waals surface area contributed by atoms with Gasteiger partial charge in [-0.1, -0.05) is 6.07 Å². The molecule has 0 radical (unpaired) electrons. The predicted molar refractivity (Wildman–Crippen MR) is 115 cm³/mol. The van der Waals surface area contributed by atoms with Crippen LogP contribution in [0.3, 0.4) is 0 Å². The minimum absolute atomic E-state index is 0.137. The zero-order valence-corrected chi connectivity index (χ0v) is 17.1. The van der Waals surface area contributed by atoms with Gasteiger partial charge in [-0.25, -0.2) is 9.97 Å². The molecule has 1 fully saturated rings. The number of fused-ring (bicyclic) bond motifs is 1. The zero-order valence-electron chi connectivity index (χ0n) is 17.1. The Morgan fingerprint density at radius 3 is 2.45 bits per heavy atom. The molecule has 0 amide bonds. The maximum Gasteiger partial charge on any atom is 0.416 e. The first kappa shape index (κ1) is 21.0. The van der Waals surface area contributed by atoms with E-state index in [4.69, 9.17) is 21.2 Å². The highest BCUT2D eigenvalue weighted by Crippen LogP contribution is 2.40. The van der Waals surface area contributed by atoms with Crippen molar-refractivity contribution in [3.63, 3.8) is 0 Å². The topological polar surface area (TPSA) is 102 Å². The zero-order chi connectivity index (χ0) is 22.3. The van der Waals surface area contributed by atoms with Crippen LogP contribution < -0.4 is 26.4 Å². The normalized spacial score (nSPS) is 16.8. The third-order valence-electron chi connectivity index (χ3n) is 5.54. The molecule has 10 heteroatoms. The SMILES string of the molecule is CNC1CCN(c2nc(-c3c(N)cc(C(F)(F)F)cc3N)nc3c(OC)cccc23)C1. The Hall–Kier alpha value is -3.27. The Morgan fingerprint density at radius 2 is 1.87 bits per heavy atom. The average molecular weight is 432 g/mol. The van der Waals surface area contributed by atoms with E-state index in [1.807, 2.05) is 19.2 Å². The van der Waals surface area contributed by atoms with Gasteiger partial charge in [0.05, 0.1) is 18.2 Å². The van der Waals surface area contributed by atoms with Gasteiger partial charge < -0.3 is 26.4 Å². The van der Waals surface area contributed by atoms with Gasteiger partial charge >= 0.3 is 6.18 Å². The van der Waals surface area contributed by atoms with Crippen molar-refractivity contribution in [2.45, 2.75) is 18.6 Å². The summed E-state index contributed by atoms with van der Waals surface area (Å²) in [6.07, 6.45) is -3.62. The van der Waals surface area contributed by atoms with E-state index >= 15 is 0 Å². The number of hydrogen-bond donors (Lipinski definition) is 3. The lowest BCUT2D eigenvalue weighted by atomic mass is 10.0. The second-order valence-corrected chi connectivity index (χ2v) is 7.48. The molecule has 1 aliphatic heterocycles. The molecule has 5 N–H and O–H groups in total. The molecule has 7 nitrogen and oxygen atoms in total. The minimum atomic E-state index is -4.56. The van der Waals surface area contributed by atoms with Crippen LogP contribution in [-0.2, 0) is 6.18 Å². The predicted octanol–water partition coefficient (Wildman–Crippen LogP) is 3.29. The van der Waals surface area contributed by atoms with Gasteiger partial charge in [-0.3, -0.25) is 0 Å². The van der Waals surface area contributed by atoms with Crippen molar-refractivity contribution in [1.29, 1.82) is 0 Å². The first-order valence-electron chi connectivity index (χ1n) is 9.76. The number of alkyl halides is 3. The Balaban J connectivity index is 1.94. The molecule has 3 aromatic rings. The van der Waals surface area contributed by atoms with E-state index in [-0.39, 0.29) is 22.8 Å². The molecule has 31 heavy (non-hydrogen) atoms. The largest absolute Gasteiger partial charge is 0.494 e. The van der Waals surface area contributed by atoms with Crippen LogP contribution in [0.4, 0.5) is 30.4 Å². The standard InChI is InChI=1S/C21H23F3N6O/c1-27-12-6-7-30(10-12)20-13-4-3-5-16(31-2)18(13)28-19(29-20)17-14(25)8-11(9-15(17)26)21(22,23)24/h3-5,8-9,12,27H,6-7,10,25-26H2,1-2H3. The summed E-state index contributed by atoms with van der Waals surface area (Å²) in [7, 11) is 3.44. The highest BCUT2D eigenvalue weighted by Gasteiger charge is 2.32. The molecule has 1 aromatic heterocycles. The molecule has 0 bridgehead atoms. The van der Waals surface area contributed by atoms with Gasteiger partial charge in [0, 0.05) is 35.9 Å². The number of nitrogen functional groups attached to an aromatic ring is 2. The summed E-state index contributed by atoms with van der Waals surface area (Å²) < 4.78 is 44.9. The van der Waals surface area contributed by atoms with E-state index in [0.717, 1.165) is 37.0 Å². The second kappa shape index (κ2) is 7.77. The Bertz CT molecular complexity index is 1110. The lowest BCUT2D eigenvalue weighted by Crippen LogP contribution is -2.30. The maximum atomic E-state index is 13.2. The quantitative estimate of drug-likeness (QED) is 0.544. The summed E-state index contributed by atoms with van der Waals surface area (Å²) in [6, 6.07) is 7.52. The Morgan fingerprint density at radius 1 is 1.16 bits per heavy atom. The van der Waals surface area contributed by atoms with Crippen molar-refractivity contribution in [3.05, 3.63) is 35.9 Å². The van der Waals surface area contributed by atoms with Crippen LogP contribution in [0.5, 0.6) is 5.75 Å². The maximum absolute atomic E-state index is 13.2. The highest BCUT2D eigenvalue weighted by molar-refractivity contribution is 5.96. The smallest absolute Gasteiger partial charge is 0.416 e. The number of ether oxygens (including phenoxy) is 1. The molecule has 0 aliphatic carbocycles. The van der Waals surface area contributed by atoms with Crippen LogP contribution in [0.1, 0.15) is 12.0 Å². The number of nitrogens with two attached hydrogens (primary N) is 2. The van der Waals surface area contributed by atoms with Gasteiger partial charge in [-0.05, 0) is 37.7 Å². The Kier molecular flexibility index (Phi) is 5.26. The summed E-state index contributed by atoms with van der Waals surface area (Å²) in [6.45, 7) is 1.50. The molecule has 2 aromatic carbocycles. The van der Waals surface area contributed by atoms with Crippen LogP contribution in [0.25, 0.3) is 22.3 Å². The summed E-state index contributed by atoms with van der Waals surface area (Å²) in [5, 5.41) is 4.04. The van der Waals surface area contributed by atoms with Crippen molar-refractivity contribution < 1.29 is 17.9 Å². The van der Waals surface area contributed by atoms with E-state index in [1.54, 1.807) is 6.07 Å². The van der Waals surface area contributed by atoms with Gasteiger partial charge in [-0.15, -0.1) is 0 Å². The van der Waals surface area contributed by atoms with Gasteiger partial charge in [0.2, 0.25) is 0 Å². The van der Waals surface area contributed by atoms with Gasteiger partial charge in [0.15, 0.2) is 5.82 Å². The van der Waals surface area contributed by atoms with Crippen LogP contribution in [0.2, 0.25) is 0 Å². The third-order valence-corrected chi connectivity index (χ3v) is 5.54. The number of halogens is 3. The van der Waals surface area contributed by atoms with Crippen LogP contribution in [-0.4, -0.2) is 43.3 Å². The summed E-state index contributed by atoms with van der Waals surface area (Å²) in [5.74, 6) is 1.34. The van der Waals surface area contributed by atoms with Crippen molar-refractivity contribution in [1.82, 2.24) is 15.3 Å². The lowest BCUT2D eigenvalue weighted by molar-refractivity contribution is -0.137. The lowest BCUT2D eigenvalue weighted by Gasteiger charge is -2.21. The highest BCUT2D eigenvalue weighted by atomic mass is 19.4. The fourth-order valence-corrected chi connectivity index (χ4v) is 3.92. The molecule has 0 saturated carbocycles. The third kappa shape index (κ3) is 3.78. The van der Waals surface area contributed by atoms with E-state index in [2.05, 4.69) is 15.2 Å². The second-order valence-electron chi connectivity index (χ2n) is 7.48. The number of methoxy groups -OCH3 is 1. The van der Waals surface area contributed by atoms with Crippen LogP contribution in [0.15, 0.2) is 30.3 Å². The monoisotopic (exact) mass is 432 g/mol. The fraction of sp³-hybridized carbons (Fsp3) is 0.333. The molecular formula is C21H23F3N6O. The number of nitrogens with one attached hydrogen (secondary N) is 1. The number of para-hydroxylation sites is 1. The number of likely N-dealkylation sites (N-methyl/N-ethyl adjacent to an activating group) is 1. The number of anilines is 3. The molecule has 4 rings (SSSR count). The Labute approximate surface area is 177 Å². The van der Waals surface area contributed by atoms with Gasteiger partial charge in [0.1, 0.15) is 17.1 Å². The molecule has 0 spiro atoms. The first-order valence-corrected chi connectivity index (χ1v) is 9.76. The van der Waals surface area contributed by atoms with Crippen molar-refractivity contribution >= 4 is 28.1 Å². The molecule has 1 atom stereocenters. The minimum Gasteiger partial charge on any atom is -0.494 e. The number of benzene rings is 2. The number of hydrogen-bond acceptors (Lipinski definition) is 7. The molecular weight excluding hydrogens is 409 g/mol. The number of aromatic nitrogens is 2. The van der Waals surface area contributed by atoms with Crippen LogP contribution >= 0.6 is 0 Å². The summed E-state index contributed by atoms with van der Waals surface area (Å²) in [5.41, 5.74) is 11.5. The van der Waals surface area contributed by atoms with Crippen molar-refractivity contribution in [3.8, 4) is 17.1 Å². The molecule has 164 valence electrons. The first-order chi connectivity index (χ1) is 14.7.